The monoisotopic (exact) mass is 436 g/mol. The number of carbonyl (C=O) groups excluding carboxylic acids is 2. The van der Waals surface area contributed by atoms with E-state index >= 15 is 0 Å². The first kappa shape index (κ1) is 22.6. The van der Waals surface area contributed by atoms with Crippen LogP contribution in [-0.2, 0) is 21.6 Å². The van der Waals surface area contributed by atoms with Crippen molar-refractivity contribution in [2.45, 2.75) is 37.2 Å². The highest BCUT2D eigenvalue weighted by Crippen LogP contribution is 2.48. The van der Waals surface area contributed by atoms with E-state index < -0.39 is 64.5 Å². The summed E-state index contributed by atoms with van der Waals surface area (Å²) in [5.41, 5.74) is -9.27. The Morgan fingerprint density at radius 3 is 1.69 bits per heavy atom. The number of anilines is 1. The minimum atomic E-state index is -6.39. The largest absolute Gasteiger partial charge is 0.465 e. The highest BCUT2D eigenvalue weighted by Gasteiger charge is 2.63. The summed E-state index contributed by atoms with van der Waals surface area (Å²) in [6, 6.07) is -0.669. The smallest absolute Gasteiger partial charge is 0.459 e. The van der Waals surface area contributed by atoms with E-state index in [1.807, 2.05) is 0 Å². The van der Waals surface area contributed by atoms with Gasteiger partial charge in [-0.2, -0.15) is 35.1 Å². The molecule has 1 aromatic rings. The third-order valence-electron chi connectivity index (χ3n) is 3.82. The number of nitrogens with zero attached hydrogens (tertiary/aromatic N) is 1. The van der Waals surface area contributed by atoms with Gasteiger partial charge in [0.1, 0.15) is 16.8 Å². The van der Waals surface area contributed by atoms with Crippen LogP contribution in [0.15, 0.2) is 0 Å². The lowest BCUT2D eigenvalue weighted by Gasteiger charge is -2.25. The number of pyridine rings is 1. The van der Waals surface area contributed by atoms with Gasteiger partial charge in [-0.25, -0.2) is 14.6 Å². The molecule has 0 atom stereocenters. The fourth-order valence-electron chi connectivity index (χ4n) is 2.33. The zero-order valence-electron chi connectivity index (χ0n) is 14.6. The number of esters is 2. The van der Waals surface area contributed by atoms with Crippen LogP contribution in [0.5, 0.6) is 0 Å². The fourth-order valence-corrected chi connectivity index (χ4v) is 2.33. The van der Waals surface area contributed by atoms with Crippen LogP contribution in [-0.4, -0.2) is 43.4 Å². The number of ether oxygens (including phenoxy) is 2. The van der Waals surface area contributed by atoms with Gasteiger partial charge in [0.05, 0.1) is 19.9 Å². The lowest BCUT2D eigenvalue weighted by atomic mass is 9.99. The molecule has 0 saturated heterocycles. The minimum absolute atomic E-state index is 0.301. The molecule has 0 aliphatic heterocycles. The Hall–Kier alpha value is -2.67. The van der Waals surface area contributed by atoms with Gasteiger partial charge in [0, 0.05) is 6.04 Å². The van der Waals surface area contributed by atoms with Gasteiger partial charge in [-0.1, -0.05) is 0 Å². The predicted octanol–water partition coefficient (Wildman–Crippen LogP) is 3.90. The molecule has 0 unspecified atom stereocenters. The van der Waals surface area contributed by atoms with Crippen molar-refractivity contribution in [3.05, 3.63) is 22.5 Å². The summed E-state index contributed by atoms with van der Waals surface area (Å²) in [6.07, 6.45) is -11.4. The molecule has 0 amide bonds. The van der Waals surface area contributed by atoms with Gasteiger partial charge in [0.25, 0.3) is 0 Å². The predicted molar refractivity (Wildman–Crippen MR) is 78.5 cm³/mol. The number of nitrogens with one attached hydrogen (secondary N) is 1. The number of aromatic nitrogens is 1. The average Bonchev–Trinajstić information content (AvgIpc) is 3.41. The molecule has 2 rings (SSSR count). The van der Waals surface area contributed by atoms with E-state index in [-0.39, 0.29) is 0 Å². The van der Waals surface area contributed by atoms with Crippen LogP contribution in [0.25, 0.3) is 0 Å². The number of rotatable bonds is 5. The van der Waals surface area contributed by atoms with Gasteiger partial charge in [-0.3, -0.25) is 0 Å². The zero-order valence-corrected chi connectivity index (χ0v) is 14.6. The molecule has 1 saturated carbocycles. The summed E-state index contributed by atoms with van der Waals surface area (Å²) in [7, 11) is 1.26. The maximum Gasteiger partial charge on any atom is 0.459 e. The van der Waals surface area contributed by atoms with Gasteiger partial charge in [0.15, 0.2) is 5.69 Å². The highest BCUT2D eigenvalue weighted by atomic mass is 19.4. The Balaban J connectivity index is 3.04. The van der Waals surface area contributed by atoms with Crippen molar-refractivity contribution in [2.24, 2.45) is 0 Å². The quantitative estimate of drug-likeness (QED) is 0.558. The molecule has 14 heteroatoms. The Kier molecular flexibility index (Phi) is 5.69. The topological polar surface area (TPSA) is 77.5 Å². The zero-order chi connectivity index (χ0) is 22.4. The van der Waals surface area contributed by atoms with Crippen LogP contribution < -0.4 is 5.32 Å². The second-order valence-corrected chi connectivity index (χ2v) is 5.91. The van der Waals surface area contributed by atoms with Crippen molar-refractivity contribution in [1.29, 1.82) is 0 Å². The molecule has 0 bridgehead atoms. The molecule has 1 aromatic heterocycles. The molecule has 0 spiro atoms. The number of hydrogen-bond donors (Lipinski definition) is 1. The minimum Gasteiger partial charge on any atom is -0.465 e. The molecule has 1 heterocycles. The third kappa shape index (κ3) is 4.19. The Labute approximate surface area is 157 Å². The van der Waals surface area contributed by atoms with E-state index in [0.717, 1.165) is 0 Å². The molecule has 0 aromatic carbocycles. The molecular weight excluding hydrogens is 424 g/mol. The summed E-state index contributed by atoms with van der Waals surface area (Å²) in [5, 5.41) is 2.22. The van der Waals surface area contributed by atoms with E-state index in [9.17, 15) is 44.7 Å². The molecule has 6 nitrogen and oxygen atoms in total. The molecule has 1 aliphatic rings. The molecule has 1 N–H and O–H groups in total. The van der Waals surface area contributed by atoms with E-state index in [1.165, 1.54) is 0 Å². The second-order valence-electron chi connectivity index (χ2n) is 5.91. The van der Waals surface area contributed by atoms with Crippen LogP contribution >= 0.6 is 0 Å². The van der Waals surface area contributed by atoms with Gasteiger partial charge < -0.3 is 14.8 Å². The van der Waals surface area contributed by atoms with Crippen molar-refractivity contribution >= 4 is 17.6 Å². The normalized spacial score (nSPS) is 15.1. The summed E-state index contributed by atoms with van der Waals surface area (Å²) in [6.45, 7) is 0. The van der Waals surface area contributed by atoms with Crippen molar-refractivity contribution in [3.63, 3.8) is 0 Å². The standard InChI is InChI=1S/C15H12F8N2O4/c1-28-11(26)6-8(24-5-3-4-5)7(12(27)29-2)10(14(18,19)20)25-9(6)13(16,17)15(21,22)23/h5H,3-4H2,1-2H3,(H,24,25). The maximum absolute atomic E-state index is 14.0. The van der Waals surface area contributed by atoms with Crippen LogP contribution in [0.2, 0.25) is 0 Å². The lowest BCUT2D eigenvalue weighted by Crippen LogP contribution is -2.38. The van der Waals surface area contributed by atoms with Gasteiger partial charge in [-0.15, -0.1) is 0 Å². The van der Waals surface area contributed by atoms with Crippen molar-refractivity contribution < 1.29 is 54.2 Å². The maximum atomic E-state index is 14.0. The van der Waals surface area contributed by atoms with E-state index in [0.29, 0.717) is 27.1 Å². The molecule has 1 fully saturated rings. The van der Waals surface area contributed by atoms with Crippen LogP contribution in [0.4, 0.5) is 40.8 Å². The number of alkyl halides is 8. The van der Waals surface area contributed by atoms with Crippen molar-refractivity contribution in [1.82, 2.24) is 4.98 Å². The highest BCUT2D eigenvalue weighted by molar-refractivity contribution is 6.06. The van der Waals surface area contributed by atoms with Gasteiger partial charge in [0.2, 0.25) is 0 Å². The lowest BCUT2D eigenvalue weighted by molar-refractivity contribution is -0.291. The summed E-state index contributed by atoms with van der Waals surface area (Å²) < 4.78 is 115. The molecule has 1 aliphatic carbocycles. The average molecular weight is 436 g/mol. The number of halogens is 8. The van der Waals surface area contributed by atoms with Crippen LogP contribution in [0.3, 0.4) is 0 Å². The number of methoxy groups -OCH3 is 2. The summed E-state index contributed by atoms with van der Waals surface area (Å²) in [5.74, 6) is -9.57. The van der Waals surface area contributed by atoms with Crippen LogP contribution in [0.1, 0.15) is 44.9 Å². The Morgan fingerprint density at radius 1 is 0.897 bits per heavy atom. The van der Waals surface area contributed by atoms with E-state index in [2.05, 4.69) is 19.8 Å². The Bertz CT molecular complexity index is 831. The summed E-state index contributed by atoms with van der Waals surface area (Å²) in [4.78, 5) is 26.4. The first-order valence-corrected chi connectivity index (χ1v) is 7.70. The molecule has 29 heavy (non-hydrogen) atoms. The second kappa shape index (κ2) is 7.30. The SMILES string of the molecule is COC(=O)c1c(C(F)(F)F)nc(C(F)(F)C(F)(F)F)c(C(=O)OC)c1NC1CC1. The Morgan fingerprint density at radius 2 is 1.34 bits per heavy atom. The van der Waals surface area contributed by atoms with E-state index in [1.54, 1.807) is 0 Å². The van der Waals surface area contributed by atoms with Gasteiger partial charge >= 0.3 is 30.2 Å². The first-order chi connectivity index (χ1) is 13.2. The molecule has 0 radical (unpaired) electrons. The first-order valence-electron chi connectivity index (χ1n) is 7.70. The fraction of sp³-hybridized carbons (Fsp3) is 0.533. The number of hydrogen-bond acceptors (Lipinski definition) is 6. The van der Waals surface area contributed by atoms with Crippen LogP contribution in [0, 0.1) is 0 Å². The third-order valence-corrected chi connectivity index (χ3v) is 3.82. The number of carbonyl (C=O) groups is 2. The summed E-state index contributed by atoms with van der Waals surface area (Å²) >= 11 is 0. The van der Waals surface area contributed by atoms with E-state index in [4.69, 9.17) is 0 Å². The molecule has 162 valence electrons. The molecular formula is C15H12F8N2O4. The van der Waals surface area contributed by atoms with Gasteiger partial charge in [-0.05, 0) is 12.8 Å². The van der Waals surface area contributed by atoms with Crippen molar-refractivity contribution in [2.75, 3.05) is 19.5 Å². The van der Waals surface area contributed by atoms with Crippen molar-refractivity contribution in [3.8, 4) is 0 Å².